The van der Waals surface area contributed by atoms with E-state index in [1.807, 2.05) is 6.92 Å². The number of alkyl halides is 1. The average Bonchev–Trinajstić information content (AvgIpc) is 2.66. The largest absolute Gasteiger partial charge is 0.379 e. The Kier molecular flexibility index (Phi) is 4.35. The van der Waals surface area contributed by atoms with Gasteiger partial charge in [-0.25, -0.2) is 4.79 Å². The minimum atomic E-state index is -0.506. The van der Waals surface area contributed by atoms with Crippen molar-refractivity contribution in [2.45, 2.75) is 25.3 Å². The van der Waals surface area contributed by atoms with Gasteiger partial charge in [-0.15, -0.1) is 11.6 Å². The molecule has 0 saturated carbocycles. The highest BCUT2D eigenvalue weighted by atomic mass is 35.5. The molecule has 5 nitrogen and oxygen atoms in total. The van der Waals surface area contributed by atoms with E-state index in [0.29, 0.717) is 13.2 Å². The van der Waals surface area contributed by atoms with E-state index in [9.17, 15) is 9.59 Å². The highest BCUT2D eigenvalue weighted by Gasteiger charge is 2.34. The Balaban J connectivity index is 2.45. The summed E-state index contributed by atoms with van der Waals surface area (Å²) >= 11 is 5.26. The van der Waals surface area contributed by atoms with Crippen molar-refractivity contribution in [3.63, 3.8) is 0 Å². The first-order chi connectivity index (χ1) is 7.12. The molecule has 6 heteroatoms. The third-order valence-electron chi connectivity index (χ3n) is 2.53. The summed E-state index contributed by atoms with van der Waals surface area (Å²) in [5.74, 6) is -0.720. The van der Waals surface area contributed by atoms with Crippen LogP contribution in [0.25, 0.3) is 0 Å². The number of hydrogen-bond acceptors (Lipinski definition) is 3. The van der Waals surface area contributed by atoms with Crippen LogP contribution in [0.1, 0.15) is 19.8 Å². The molecule has 0 spiro atoms. The molecule has 1 saturated heterocycles. The number of hydrogen-bond donors (Lipinski definition) is 2. The van der Waals surface area contributed by atoms with Crippen LogP contribution in [0.4, 0.5) is 4.79 Å². The van der Waals surface area contributed by atoms with Crippen molar-refractivity contribution >= 4 is 23.5 Å². The SMILES string of the molecule is CCC1(NC(=O)NC(=O)CCl)CCOC1. The highest BCUT2D eigenvalue weighted by molar-refractivity contribution is 6.28. The summed E-state index contributed by atoms with van der Waals surface area (Å²) in [6.45, 7) is 3.10. The molecule has 86 valence electrons. The Morgan fingerprint density at radius 3 is 2.73 bits per heavy atom. The van der Waals surface area contributed by atoms with Crippen molar-refractivity contribution in [3.05, 3.63) is 0 Å². The van der Waals surface area contributed by atoms with Crippen molar-refractivity contribution in [2.75, 3.05) is 19.1 Å². The lowest BCUT2D eigenvalue weighted by Crippen LogP contribution is -2.53. The molecule has 2 N–H and O–H groups in total. The maximum absolute atomic E-state index is 11.4. The molecule has 0 aromatic carbocycles. The standard InChI is InChI=1S/C9H15ClN2O3/c1-2-9(3-4-15-6-9)12-8(14)11-7(13)5-10/h2-6H2,1H3,(H2,11,12,13,14). The van der Waals surface area contributed by atoms with E-state index in [0.717, 1.165) is 12.8 Å². The van der Waals surface area contributed by atoms with E-state index in [1.54, 1.807) is 0 Å². The summed E-state index contributed by atoms with van der Waals surface area (Å²) < 4.78 is 5.23. The lowest BCUT2D eigenvalue weighted by atomic mass is 9.96. The number of urea groups is 1. The molecule has 1 fully saturated rings. The van der Waals surface area contributed by atoms with Crippen molar-refractivity contribution in [2.24, 2.45) is 0 Å². The first-order valence-electron chi connectivity index (χ1n) is 4.87. The minimum Gasteiger partial charge on any atom is -0.379 e. The molecule has 3 amide bonds. The van der Waals surface area contributed by atoms with Gasteiger partial charge >= 0.3 is 6.03 Å². The molecule has 0 aliphatic carbocycles. The van der Waals surface area contributed by atoms with Crippen LogP contribution in [0.5, 0.6) is 0 Å². The Morgan fingerprint density at radius 2 is 2.27 bits per heavy atom. The second-order valence-corrected chi connectivity index (χ2v) is 3.84. The molecular formula is C9H15ClN2O3. The van der Waals surface area contributed by atoms with E-state index in [4.69, 9.17) is 16.3 Å². The smallest absolute Gasteiger partial charge is 0.321 e. The zero-order valence-electron chi connectivity index (χ0n) is 8.64. The Bertz CT molecular complexity index is 252. The van der Waals surface area contributed by atoms with Gasteiger partial charge in [0, 0.05) is 6.61 Å². The summed E-state index contributed by atoms with van der Waals surface area (Å²) in [4.78, 5) is 22.2. The third-order valence-corrected chi connectivity index (χ3v) is 2.78. The summed E-state index contributed by atoms with van der Waals surface area (Å²) in [5, 5.41) is 4.89. The summed E-state index contributed by atoms with van der Waals surface area (Å²) in [6.07, 6.45) is 1.54. The quantitative estimate of drug-likeness (QED) is 0.704. The number of halogens is 1. The molecule has 0 radical (unpaired) electrons. The zero-order chi connectivity index (χ0) is 11.3. The van der Waals surface area contributed by atoms with Crippen LogP contribution in [0.3, 0.4) is 0 Å². The fourth-order valence-electron chi connectivity index (χ4n) is 1.51. The monoisotopic (exact) mass is 234 g/mol. The Hall–Kier alpha value is -0.810. The molecule has 1 unspecified atom stereocenters. The van der Waals surface area contributed by atoms with Gasteiger partial charge in [0.25, 0.3) is 0 Å². The predicted molar refractivity (Wildman–Crippen MR) is 55.9 cm³/mol. The van der Waals surface area contributed by atoms with Gasteiger partial charge in [0.1, 0.15) is 5.88 Å². The highest BCUT2D eigenvalue weighted by Crippen LogP contribution is 2.21. The minimum absolute atomic E-state index is 0.219. The second-order valence-electron chi connectivity index (χ2n) is 3.57. The zero-order valence-corrected chi connectivity index (χ0v) is 9.39. The van der Waals surface area contributed by atoms with Crippen LogP contribution in [-0.4, -0.2) is 36.6 Å². The fraction of sp³-hybridized carbons (Fsp3) is 0.778. The van der Waals surface area contributed by atoms with Gasteiger partial charge < -0.3 is 10.1 Å². The topological polar surface area (TPSA) is 67.4 Å². The van der Waals surface area contributed by atoms with Gasteiger partial charge in [0.2, 0.25) is 5.91 Å². The number of rotatable bonds is 3. The van der Waals surface area contributed by atoms with Crippen molar-refractivity contribution in [1.82, 2.24) is 10.6 Å². The number of imide groups is 1. The Morgan fingerprint density at radius 1 is 1.53 bits per heavy atom. The number of nitrogens with one attached hydrogen (secondary N) is 2. The first kappa shape index (κ1) is 12.3. The molecule has 1 aliphatic heterocycles. The van der Waals surface area contributed by atoms with Gasteiger partial charge in [-0.1, -0.05) is 6.92 Å². The lowest BCUT2D eigenvalue weighted by molar-refractivity contribution is -0.117. The molecule has 1 heterocycles. The van der Waals surface area contributed by atoms with E-state index >= 15 is 0 Å². The number of carbonyl (C=O) groups is 2. The maximum atomic E-state index is 11.4. The van der Waals surface area contributed by atoms with Crippen molar-refractivity contribution in [1.29, 1.82) is 0 Å². The molecule has 1 aliphatic rings. The Labute approximate surface area is 93.5 Å². The van der Waals surface area contributed by atoms with Crippen molar-refractivity contribution in [3.8, 4) is 0 Å². The molecule has 0 aromatic rings. The number of amides is 3. The summed E-state index contributed by atoms with van der Waals surface area (Å²) in [5.41, 5.74) is -0.337. The van der Waals surface area contributed by atoms with Crippen molar-refractivity contribution < 1.29 is 14.3 Å². The predicted octanol–water partition coefficient (Wildman–Crippen LogP) is 0.620. The van der Waals surface area contributed by atoms with Crippen LogP contribution >= 0.6 is 11.6 Å². The number of ether oxygens (including phenoxy) is 1. The van der Waals surface area contributed by atoms with Gasteiger partial charge in [-0.3, -0.25) is 10.1 Å². The summed E-state index contributed by atoms with van der Waals surface area (Å²) in [6, 6.07) is -0.506. The molecular weight excluding hydrogens is 220 g/mol. The molecule has 15 heavy (non-hydrogen) atoms. The van der Waals surface area contributed by atoms with E-state index in [1.165, 1.54) is 0 Å². The van der Waals surface area contributed by atoms with Crippen LogP contribution in [0.15, 0.2) is 0 Å². The lowest BCUT2D eigenvalue weighted by Gasteiger charge is -2.26. The molecule has 0 aromatic heterocycles. The van der Waals surface area contributed by atoms with Crippen LogP contribution in [-0.2, 0) is 9.53 Å². The van der Waals surface area contributed by atoms with E-state index < -0.39 is 11.9 Å². The van der Waals surface area contributed by atoms with Gasteiger partial charge in [-0.05, 0) is 12.8 Å². The van der Waals surface area contributed by atoms with Crippen LogP contribution in [0, 0.1) is 0 Å². The summed E-state index contributed by atoms with van der Waals surface area (Å²) in [7, 11) is 0. The first-order valence-corrected chi connectivity index (χ1v) is 5.41. The maximum Gasteiger partial charge on any atom is 0.321 e. The normalized spacial score (nSPS) is 24.9. The second kappa shape index (κ2) is 5.32. The van der Waals surface area contributed by atoms with E-state index in [-0.39, 0.29) is 11.4 Å². The number of carbonyl (C=O) groups excluding carboxylic acids is 2. The van der Waals surface area contributed by atoms with Gasteiger partial charge in [0.05, 0.1) is 12.1 Å². The van der Waals surface area contributed by atoms with Gasteiger partial charge in [0.15, 0.2) is 0 Å². The van der Waals surface area contributed by atoms with E-state index in [2.05, 4.69) is 10.6 Å². The third kappa shape index (κ3) is 3.35. The fourth-order valence-corrected chi connectivity index (χ4v) is 1.57. The van der Waals surface area contributed by atoms with Gasteiger partial charge in [-0.2, -0.15) is 0 Å². The molecule has 0 bridgehead atoms. The average molecular weight is 235 g/mol. The van der Waals surface area contributed by atoms with Crippen LogP contribution in [0.2, 0.25) is 0 Å². The molecule has 1 atom stereocenters. The molecule has 1 rings (SSSR count). The van der Waals surface area contributed by atoms with Crippen LogP contribution < -0.4 is 10.6 Å².